The Morgan fingerprint density at radius 2 is 1.97 bits per heavy atom. The zero-order valence-corrected chi connectivity index (χ0v) is 18.1. The van der Waals surface area contributed by atoms with Gasteiger partial charge in [-0.25, -0.2) is 22.2 Å². The molecule has 0 saturated heterocycles. The van der Waals surface area contributed by atoms with Crippen molar-refractivity contribution in [1.82, 2.24) is 9.29 Å². The highest BCUT2D eigenvalue weighted by atomic mass is 32.2. The summed E-state index contributed by atoms with van der Waals surface area (Å²) < 4.78 is 54.0. The van der Waals surface area contributed by atoms with Crippen molar-refractivity contribution in [2.45, 2.75) is 25.9 Å². The van der Waals surface area contributed by atoms with Crippen LogP contribution in [0.15, 0.2) is 47.8 Å². The fraction of sp³-hybridized carbons (Fsp3) is 0.238. The van der Waals surface area contributed by atoms with Gasteiger partial charge in [0.2, 0.25) is 15.9 Å². The molecule has 2 aromatic carbocycles. The number of carbonyl (C=O) groups is 1. The van der Waals surface area contributed by atoms with Crippen LogP contribution in [0, 0.1) is 11.6 Å². The molecule has 0 saturated carbocycles. The summed E-state index contributed by atoms with van der Waals surface area (Å²) in [6.07, 6.45) is 0.234. The summed E-state index contributed by atoms with van der Waals surface area (Å²) in [5.74, 6) is -1.88. The maximum atomic E-state index is 14.0. The second kappa shape index (κ2) is 8.45. The molecule has 162 valence electrons. The molecule has 1 aromatic heterocycles. The molecule has 0 bridgehead atoms. The van der Waals surface area contributed by atoms with Crippen LogP contribution < -0.4 is 5.32 Å². The van der Waals surface area contributed by atoms with Gasteiger partial charge in [-0.2, -0.15) is 4.31 Å². The highest BCUT2D eigenvalue weighted by molar-refractivity contribution is 7.89. The van der Waals surface area contributed by atoms with Gasteiger partial charge in [0.05, 0.1) is 11.4 Å². The molecule has 10 heteroatoms. The minimum Gasteiger partial charge on any atom is -0.301 e. The van der Waals surface area contributed by atoms with Crippen LogP contribution in [-0.4, -0.2) is 35.4 Å². The fourth-order valence-corrected chi connectivity index (χ4v) is 5.46. The molecule has 6 nitrogen and oxygen atoms in total. The Morgan fingerprint density at radius 1 is 1.23 bits per heavy atom. The van der Waals surface area contributed by atoms with Gasteiger partial charge in [-0.15, -0.1) is 11.3 Å². The lowest BCUT2D eigenvalue weighted by Gasteiger charge is -2.34. The predicted octanol–water partition coefficient (Wildman–Crippen LogP) is 3.80. The van der Waals surface area contributed by atoms with Crippen molar-refractivity contribution in [2.24, 2.45) is 0 Å². The molecule has 0 unspecified atom stereocenters. The van der Waals surface area contributed by atoms with Crippen molar-refractivity contribution in [3.05, 3.63) is 70.6 Å². The van der Waals surface area contributed by atoms with Crippen LogP contribution >= 0.6 is 11.3 Å². The number of fused-ring (bicyclic) bond motifs is 1. The van der Waals surface area contributed by atoms with Crippen molar-refractivity contribution >= 4 is 32.4 Å². The summed E-state index contributed by atoms with van der Waals surface area (Å²) in [6.45, 7) is 1.65. The number of benzene rings is 2. The monoisotopic (exact) mass is 463 g/mol. The second-order valence-corrected chi connectivity index (χ2v) is 10.2. The molecule has 31 heavy (non-hydrogen) atoms. The summed E-state index contributed by atoms with van der Waals surface area (Å²) in [6, 6.07) is 9.52. The van der Waals surface area contributed by atoms with Crippen molar-refractivity contribution in [1.29, 1.82) is 0 Å². The van der Waals surface area contributed by atoms with Crippen LogP contribution in [0.5, 0.6) is 0 Å². The normalized spacial score (nSPS) is 16.7. The smallest absolute Gasteiger partial charge is 0.244 e. The number of hydrogen-bond acceptors (Lipinski definition) is 5. The number of anilines is 1. The molecule has 1 aliphatic rings. The van der Waals surface area contributed by atoms with E-state index in [1.54, 1.807) is 0 Å². The zero-order valence-electron chi connectivity index (χ0n) is 16.5. The molecule has 0 spiro atoms. The maximum absolute atomic E-state index is 14.0. The van der Waals surface area contributed by atoms with E-state index in [1.165, 1.54) is 16.6 Å². The fourth-order valence-electron chi connectivity index (χ4n) is 3.52. The first-order valence-corrected chi connectivity index (χ1v) is 12.1. The summed E-state index contributed by atoms with van der Waals surface area (Å²) in [5.41, 5.74) is 1.94. The molecular formula is C21H19F2N3O3S2. The van der Waals surface area contributed by atoms with Crippen LogP contribution in [-0.2, 0) is 27.8 Å². The summed E-state index contributed by atoms with van der Waals surface area (Å²) in [7, 11) is -3.63. The van der Waals surface area contributed by atoms with Crippen molar-refractivity contribution in [3.8, 4) is 11.3 Å². The second-order valence-electron chi connectivity index (χ2n) is 7.09. The van der Waals surface area contributed by atoms with E-state index in [-0.39, 0.29) is 35.1 Å². The van der Waals surface area contributed by atoms with Crippen LogP contribution in [0.4, 0.5) is 13.9 Å². The number of nitrogens with one attached hydrogen (secondary N) is 1. The number of aromatic nitrogens is 1. The molecule has 3 aromatic rings. The van der Waals surface area contributed by atoms with Gasteiger partial charge in [0.25, 0.3) is 0 Å². The molecule has 0 fully saturated rings. The van der Waals surface area contributed by atoms with E-state index >= 15 is 0 Å². The van der Waals surface area contributed by atoms with E-state index in [2.05, 4.69) is 10.3 Å². The minimum atomic E-state index is -3.63. The number of carbonyl (C=O) groups excluding carboxylic acids is 1. The Morgan fingerprint density at radius 3 is 2.71 bits per heavy atom. The highest BCUT2D eigenvalue weighted by Gasteiger charge is 2.38. The average molecular weight is 464 g/mol. The van der Waals surface area contributed by atoms with E-state index in [1.807, 2.05) is 24.3 Å². The van der Waals surface area contributed by atoms with E-state index < -0.39 is 33.6 Å². The Balaban J connectivity index is 1.60. The number of halogens is 2. The minimum absolute atomic E-state index is 0.0152. The van der Waals surface area contributed by atoms with Crippen LogP contribution in [0.1, 0.15) is 18.1 Å². The standard InChI is InChI=1S/C21H19F2N3O3S2/c1-2-31(28,29)26-11-14-6-4-3-5-13(14)9-19(26)20(27)25-21-24-18(12-30-21)16-10-15(22)7-8-17(16)23/h3-8,10,12,19H,2,9,11H2,1H3,(H,24,25,27)/t19-/m0/s1. The summed E-state index contributed by atoms with van der Waals surface area (Å²) in [5, 5.41) is 4.32. The number of nitrogens with zero attached hydrogens (tertiary/aromatic N) is 2. The van der Waals surface area contributed by atoms with E-state index in [4.69, 9.17) is 0 Å². The van der Waals surface area contributed by atoms with Gasteiger partial charge in [-0.1, -0.05) is 24.3 Å². The zero-order chi connectivity index (χ0) is 22.2. The van der Waals surface area contributed by atoms with Crippen molar-refractivity contribution in [3.63, 3.8) is 0 Å². The molecular weight excluding hydrogens is 444 g/mol. The number of sulfonamides is 1. The number of amides is 1. The van der Waals surface area contributed by atoms with E-state index in [0.29, 0.717) is 0 Å². The Kier molecular flexibility index (Phi) is 5.87. The lowest BCUT2D eigenvalue weighted by atomic mass is 9.95. The van der Waals surface area contributed by atoms with Gasteiger partial charge in [-0.05, 0) is 42.7 Å². The third kappa shape index (κ3) is 4.36. The van der Waals surface area contributed by atoms with Gasteiger partial charge in [0.15, 0.2) is 5.13 Å². The molecule has 2 heterocycles. The quantitative estimate of drug-likeness (QED) is 0.624. The maximum Gasteiger partial charge on any atom is 0.244 e. The summed E-state index contributed by atoms with van der Waals surface area (Å²) in [4.78, 5) is 17.2. The average Bonchev–Trinajstić information content (AvgIpc) is 3.22. The third-order valence-corrected chi connectivity index (χ3v) is 7.75. The molecule has 0 radical (unpaired) electrons. The largest absolute Gasteiger partial charge is 0.301 e. The lowest BCUT2D eigenvalue weighted by Crippen LogP contribution is -2.51. The first-order valence-electron chi connectivity index (χ1n) is 9.56. The first-order chi connectivity index (χ1) is 14.8. The van der Waals surface area contributed by atoms with E-state index in [9.17, 15) is 22.0 Å². The van der Waals surface area contributed by atoms with Crippen molar-refractivity contribution < 1.29 is 22.0 Å². The lowest BCUT2D eigenvalue weighted by molar-refractivity contribution is -0.120. The topological polar surface area (TPSA) is 79.4 Å². The summed E-state index contributed by atoms with van der Waals surface area (Å²) >= 11 is 1.05. The van der Waals surface area contributed by atoms with Gasteiger partial charge in [0.1, 0.15) is 17.7 Å². The van der Waals surface area contributed by atoms with E-state index in [0.717, 1.165) is 40.7 Å². The van der Waals surface area contributed by atoms with Gasteiger partial charge in [0, 0.05) is 17.5 Å². The molecule has 0 aliphatic carbocycles. The Labute approximate surface area is 182 Å². The molecule has 4 rings (SSSR count). The third-order valence-electron chi connectivity index (χ3n) is 5.17. The Bertz CT molecular complexity index is 1240. The van der Waals surface area contributed by atoms with Crippen molar-refractivity contribution in [2.75, 3.05) is 11.1 Å². The van der Waals surface area contributed by atoms with Gasteiger partial charge < -0.3 is 5.32 Å². The highest BCUT2D eigenvalue weighted by Crippen LogP contribution is 2.30. The Hall–Kier alpha value is -2.69. The van der Waals surface area contributed by atoms with Crippen LogP contribution in [0.25, 0.3) is 11.3 Å². The molecule has 1 aliphatic heterocycles. The molecule has 1 amide bonds. The number of thiazole rings is 1. The van der Waals surface area contributed by atoms with Gasteiger partial charge >= 0.3 is 0 Å². The van der Waals surface area contributed by atoms with Crippen LogP contribution in [0.3, 0.4) is 0 Å². The SMILES string of the molecule is CCS(=O)(=O)N1Cc2ccccc2C[C@H]1C(=O)Nc1nc(-c2cc(F)ccc2F)cs1. The predicted molar refractivity (Wildman–Crippen MR) is 115 cm³/mol. The molecule has 1 atom stereocenters. The number of hydrogen-bond donors (Lipinski definition) is 1. The molecule has 1 N–H and O–H groups in total. The van der Waals surface area contributed by atoms with Crippen LogP contribution in [0.2, 0.25) is 0 Å². The van der Waals surface area contributed by atoms with Gasteiger partial charge in [-0.3, -0.25) is 4.79 Å². The number of rotatable bonds is 5. The first kappa shape index (κ1) is 21.5.